The summed E-state index contributed by atoms with van der Waals surface area (Å²) in [6.07, 6.45) is 1.79. The molecule has 5 nitrogen and oxygen atoms in total. The number of halogens is 1. The second kappa shape index (κ2) is 6.60. The number of benzene rings is 1. The van der Waals surface area contributed by atoms with Crippen LogP contribution in [0, 0.1) is 6.92 Å². The van der Waals surface area contributed by atoms with Gasteiger partial charge in [-0.05, 0) is 48.3 Å². The molecule has 1 atom stereocenters. The number of rotatable bonds is 5. The molecule has 0 aliphatic heterocycles. The van der Waals surface area contributed by atoms with Crippen molar-refractivity contribution in [3.63, 3.8) is 0 Å². The van der Waals surface area contributed by atoms with Crippen LogP contribution in [0.25, 0.3) is 0 Å². The number of aryl methyl sites for hydroxylation is 1. The molecule has 0 fully saturated rings. The zero-order valence-electron chi connectivity index (χ0n) is 12.7. The summed E-state index contributed by atoms with van der Waals surface area (Å²) < 4.78 is 8.38. The first-order valence-electron chi connectivity index (χ1n) is 6.83. The Morgan fingerprint density at radius 3 is 2.67 bits per heavy atom. The minimum Gasteiger partial charge on any atom is -0.496 e. The van der Waals surface area contributed by atoms with Crippen molar-refractivity contribution in [1.29, 1.82) is 0 Å². The van der Waals surface area contributed by atoms with Crippen LogP contribution in [0.1, 0.15) is 42.8 Å². The molecule has 21 heavy (non-hydrogen) atoms. The van der Waals surface area contributed by atoms with Crippen molar-refractivity contribution in [2.45, 2.75) is 32.9 Å². The van der Waals surface area contributed by atoms with E-state index in [1.54, 1.807) is 13.3 Å². The standard InChI is InChI=1S/C15H21BrN4O/c1-9(2)20-15(12(16)8-18-20)14(19-17)11-6-5-10(3)7-13(11)21-4/h5-9,14,19H,17H2,1-4H3. The van der Waals surface area contributed by atoms with Crippen molar-refractivity contribution in [3.05, 3.63) is 45.7 Å². The molecule has 0 spiro atoms. The van der Waals surface area contributed by atoms with Crippen molar-refractivity contribution in [3.8, 4) is 5.75 Å². The summed E-state index contributed by atoms with van der Waals surface area (Å²) in [4.78, 5) is 0. The van der Waals surface area contributed by atoms with E-state index < -0.39 is 0 Å². The van der Waals surface area contributed by atoms with E-state index in [0.717, 1.165) is 27.0 Å². The molecule has 1 aromatic heterocycles. The Morgan fingerprint density at radius 2 is 2.10 bits per heavy atom. The second-order valence-electron chi connectivity index (χ2n) is 5.26. The Balaban J connectivity index is 2.57. The van der Waals surface area contributed by atoms with Gasteiger partial charge in [-0.3, -0.25) is 10.5 Å². The lowest BCUT2D eigenvalue weighted by Crippen LogP contribution is -2.31. The first kappa shape index (κ1) is 16.0. The fourth-order valence-corrected chi connectivity index (χ4v) is 2.91. The number of hydrazine groups is 1. The summed E-state index contributed by atoms with van der Waals surface area (Å²) >= 11 is 3.57. The van der Waals surface area contributed by atoms with E-state index >= 15 is 0 Å². The molecular weight excluding hydrogens is 332 g/mol. The van der Waals surface area contributed by atoms with Crippen LogP contribution < -0.4 is 16.0 Å². The van der Waals surface area contributed by atoms with E-state index in [4.69, 9.17) is 10.6 Å². The highest BCUT2D eigenvalue weighted by Gasteiger charge is 2.24. The molecule has 1 aromatic carbocycles. The van der Waals surface area contributed by atoms with Crippen LogP contribution in [0.4, 0.5) is 0 Å². The molecule has 1 unspecified atom stereocenters. The predicted octanol–water partition coefficient (Wildman–Crippen LogP) is 3.10. The maximum absolute atomic E-state index is 5.83. The van der Waals surface area contributed by atoms with Crippen LogP contribution >= 0.6 is 15.9 Å². The van der Waals surface area contributed by atoms with Gasteiger partial charge in [-0.25, -0.2) is 5.43 Å². The van der Waals surface area contributed by atoms with Gasteiger partial charge in [-0.15, -0.1) is 0 Å². The van der Waals surface area contributed by atoms with Crippen LogP contribution in [0.5, 0.6) is 5.75 Å². The molecule has 0 aliphatic rings. The van der Waals surface area contributed by atoms with Gasteiger partial charge in [-0.1, -0.05) is 12.1 Å². The normalized spacial score (nSPS) is 12.7. The summed E-state index contributed by atoms with van der Waals surface area (Å²) in [6, 6.07) is 6.11. The average molecular weight is 353 g/mol. The Labute approximate surface area is 133 Å². The number of nitrogens with one attached hydrogen (secondary N) is 1. The predicted molar refractivity (Wildman–Crippen MR) is 87.2 cm³/mol. The van der Waals surface area contributed by atoms with E-state index in [-0.39, 0.29) is 12.1 Å². The van der Waals surface area contributed by atoms with E-state index in [9.17, 15) is 0 Å². The SMILES string of the molecule is COc1cc(C)ccc1C(NN)c1c(Br)cnn1C(C)C. The van der Waals surface area contributed by atoms with Crippen molar-refractivity contribution < 1.29 is 4.74 Å². The van der Waals surface area contributed by atoms with Gasteiger partial charge in [0, 0.05) is 11.6 Å². The number of aromatic nitrogens is 2. The molecule has 0 radical (unpaired) electrons. The summed E-state index contributed by atoms with van der Waals surface area (Å²) in [6.45, 7) is 6.21. The van der Waals surface area contributed by atoms with E-state index in [1.807, 2.05) is 29.8 Å². The highest BCUT2D eigenvalue weighted by atomic mass is 79.9. The Morgan fingerprint density at radius 1 is 1.38 bits per heavy atom. The molecule has 1 heterocycles. The Bertz CT molecular complexity index is 624. The van der Waals surface area contributed by atoms with Crippen LogP contribution in [0.3, 0.4) is 0 Å². The number of ether oxygens (including phenoxy) is 1. The van der Waals surface area contributed by atoms with E-state index in [0.29, 0.717) is 0 Å². The number of hydrogen-bond donors (Lipinski definition) is 2. The molecule has 0 aliphatic carbocycles. The molecule has 2 rings (SSSR count). The zero-order valence-corrected chi connectivity index (χ0v) is 14.3. The maximum atomic E-state index is 5.83. The lowest BCUT2D eigenvalue weighted by Gasteiger charge is -2.22. The molecule has 3 N–H and O–H groups in total. The molecule has 2 aromatic rings. The Hall–Kier alpha value is -1.37. The van der Waals surface area contributed by atoms with Crippen molar-refractivity contribution in [1.82, 2.24) is 15.2 Å². The second-order valence-corrected chi connectivity index (χ2v) is 6.12. The first-order valence-corrected chi connectivity index (χ1v) is 7.62. The first-order chi connectivity index (χ1) is 9.99. The van der Waals surface area contributed by atoms with Gasteiger partial charge < -0.3 is 4.74 Å². The van der Waals surface area contributed by atoms with E-state index in [1.165, 1.54) is 0 Å². The number of methoxy groups -OCH3 is 1. The third kappa shape index (κ3) is 3.12. The van der Waals surface area contributed by atoms with Gasteiger partial charge in [-0.2, -0.15) is 5.10 Å². The largest absolute Gasteiger partial charge is 0.496 e. The molecule has 0 saturated heterocycles. The molecule has 0 bridgehead atoms. The molecule has 6 heteroatoms. The highest BCUT2D eigenvalue weighted by molar-refractivity contribution is 9.10. The molecular formula is C15H21BrN4O. The van der Waals surface area contributed by atoms with Gasteiger partial charge in [0.2, 0.25) is 0 Å². The van der Waals surface area contributed by atoms with Crippen LogP contribution in [0.2, 0.25) is 0 Å². The quantitative estimate of drug-likeness (QED) is 0.640. The minimum atomic E-state index is -0.208. The summed E-state index contributed by atoms with van der Waals surface area (Å²) in [5, 5.41) is 4.42. The van der Waals surface area contributed by atoms with Crippen LogP contribution in [-0.4, -0.2) is 16.9 Å². The van der Waals surface area contributed by atoms with Gasteiger partial charge in [0.15, 0.2) is 0 Å². The van der Waals surface area contributed by atoms with E-state index in [2.05, 4.69) is 40.3 Å². The molecule has 0 amide bonds. The molecule has 0 saturated carbocycles. The zero-order chi connectivity index (χ0) is 15.6. The van der Waals surface area contributed by atoms with Crippen molar-refractivity contribution >= 4 is 15.9 Å². The van der Waals surface area contributed by atoms with Crippen LogP contribution in [0.15, 0.2) is 28.9 Å². The van der Waals surface area contributed by atoms with Gasteiger partial charge >= 0.3 is 0 Å². The maximum Gasteiger partial charge on any atom is 0.124 e. The van der Waals surface area contributed by atoms with Crippen molar-refractivity contribution in [2.24, 2.45) is 5.84 Å². The smallest absolute Gasteiger partial charge is 0.124 e. The third-order valence-electron chi connectivity index (χ3n) is 3.42. The monoisotopic (exact) mass is 352 g/mol. The summed E-state index contributed by atoms with van der Waals surface area (Å²) in [5.41, 5.74) is 5.98. The van der Waals surface area contributed by atoms with Gasteiger partial charge in [0.05, 0.1) is 29.5 Å². The lowest BCUT2D eigenvalue weighted by atomic mass is 10.0. The fraction of sp³-hybridized carbons (Fsp3) is 0.400. The average Bonchev–Trinajstić information content (AvgIpc) is 2.83. The summed E-state index contributed by atoms with van der Waals surface area (Å²) in [7, 11) is 1.67. The molecule has 114 valence electrons. The lowest BCUT2D eigenvalue weighted by molar-refractivity contribution is 0.399. The number of hydrogen-bond acceptors (Lipinski definition) is 4. The third-order valence-corrected chi connectivity index (χ3v) is 4.03. The van der Waals surface area contributed by atoms with Gasteiger partial charge in [0.25, 0.3) is 0 Å². The van der Waals surface area contributed by atoms with Crippen molar-refractivity contribution in [2.75, 3.05) is 7.11 Å². The highest BCUT2D eigenvalue weighted by Crippen LogP contribution is 2.34. The minimum absolute atomic E-state index is 0.208. The fourth-order valence-electron chi connectivity index (χ4n) is 2.41. The topological polar surface area (TPSA) is 65.1 Å². The summed E-state index contributed by atoms with van der Waals surface area (Å²) in [5.74, 6) is 6.63. The number of nitrogens with zero attached hydrogens (tertiary/aromatic N) is 2. The van der Waals surface area contributed by atoms with Crippen LogP contribution in [-0.2, 0) is 0 Å². The van der Waals surface area contributed by atoms with Gasteiger partial charge in [0.1, 0.15) is 5.75 Å². The Kier molecular flexibility index (Phi) is 5.03. The number of nitrogens with two attached hydrogens (primary N) is 1.